The number of hydrogen-bond donors (Lipinski definition) is 2. The molecule has 1 saturated heterocycles. The lowest BCUT2D eigenvalue weighted by Gasteiger charge is -2.30. The van der Waals surface area contributed by atoms with Gasteiger partial charge in [0.15, 0.2) is 0 Å². The Labute approximate surface area is 181 Å². The minimum Gasteiger partial charge on any atom is -0.378 e. The summed E-state index contributed by atoms with van der Waals surface area (Å²) in [6, 6.07) is 17.7. The molecule has 0 aliphatic carbocycles. The maximum Gasteiger partial charge on any atom is 0.248 e. The van der Waals surface area contributed by atoms with Gasteiger partial charge in [-0.15, -0.1) is 0 Å². The first-order valence-corrected chi connectivity index (χ1v) is 10.3. The fourth-order valence-corrected chi connectivity index (χ4v) is 3.44. The number of nitrogens with one attached hydrogen (secondary N) is 2. The number of aromatic nitrogens is 2. The lowest BCUT2D eigenvalue weighted by molar-refractivity contribution is -0.111. The van der Waals surface area contributed by atoms with Crippen molar-refractivity contribution in [3.05, 3.63) is 73.1 Å². The summed E-state index contributed by atoms with van der Waals surface area (Å²) in [7, 11) is 0. The van der Waals surface area contributed by atoms with Crippen LogP contribution in [0.1, 0.15) is 6.92 Å². The summed E-state index contributed by atoms with van der Waals surface area (Å²) in [5, 5.41) is 6.25. The van der Waals surface area contributed by atoms with Crippen LogP contribution in [0.15, 0.2) is 73.1 Å². The predicted molar refractivity (Wildman–Crippen MR) is 124 cm³/mol. The topological polar surface area (TPSA) is 79.4 Å². The molecule has 0 spiro atoms. The van der Waals surface area contributed by atoms with Crippen molar-refractivity contribution in [2.45, 2.75) is 6.92 Å². The van der Waals surface area contributed by atoms with Crippen LogP contribution in [0, 0.1) is 0 Å². The van der Waals surface area contributed by atoms with Crippen LogP contribution in [0.2, 0.25) is 0 Å². The highest BCUT2D eigenvalue weighted by Crippen LogP contribution is 2.29. The summed E-state index contributed by atoms with van der Waals surface area (Å²) in [5.74, 6) is 0.568. The summed E-state index contributed by atoms with van der Waals surface area (Å²) < 4.78 is 5.48. The molecule has 2 N–H and O–H groups in total. The Bertz CT molecular complexity index is 1060. The van der Waals surface area contributed by atoms with Gasteiger partial charge in [-0.25, -0.2) is 9.97 Å². The van der Waals surface area contributed by atoms with Crippen molar-refractivity contribution >= 4 is 28.8 Å². The van der Waals surface area contributed by atoms with Crippen molar-refractivity contribution in [1.82, 2.24) is 9.97 Å². The van der Waals surface area contributed by atoms with E-state index >= 15 is 0 Å². The molecule has 4 rings (SSSR count). The summed E-state index contributed by atoms with van der Waals surface area (Å²) in [6.07, 6.45) is 4.75. The average Bonchev–Trinajstić information content (AvgIpc) is 2.81. The van der Waals surface area contributed by atoms with Crippen LogP contribution in [-0.2, 0) is 9.53 Å². The highest BCUT2D eigenvalue weighted by atomic mass is 16.5. The van der Waals surface area contributed by atoms with E-state index in [1.165, 1.54) is 6.08 Å². The van der Waals surface area contributed by atoms with Gasteiger partial charge in [-0.05, 0) is 37.3 Å². The second kappa shape index (κ2) is 9.86. The second-order valence-corrected chi connectivity index (χ2v) is 7.10. The molecule has 1 fully saturated rings. The fraction of sp³-hybridized carbons (Fsp3) is 0.208. The molecule has 1 aliphatic heterocycles. The standard InChI is InChI=1S/C24H25N5O2/c1-2-5-24(30)27-19-10-8-18(9-11-19)21-16-23(26-17-25-21)28-20-6-3-4-7-22(20)29-12-14-31-15-13-29/h2-11,16-17H,12-15H2,1H3,(H,27,30)(H,25,26,28). The Balaban J connectivity index is 1.51. The zero-order valence-corrected chi connectivity index (χ0v) is 17.4. The van der Waals surface area contributed by atoms with Crippen LogP contribution < -0.4 is 15.5 Å². The molecule has 7 nitrogen and oxygen atoms in total. The number of carbonyl (C=O) groups is 1. The molecular formula is C24H25N5O2. The Morgan fingerprint density at radius 1 is 1.06 bits per heavy atom. The van der Waals surface area contributed by atoms with Gasteiger partial charge in [0.25, 0.3) is 0 Å². The smallest absolute Gasteiger partial charge is 0.248 e. The molecular weight excluding hydrogens is 390 g/mol. The lowest BCUT2D eigenvalue weighted by Crippen LogP contribution is -2.36. The van der Waals surface area contributed by atoms with Gasteiger partial charge in [0, 0.05) is 30.4 Å². The van der Waals surface area contributed by atoms with Gasteiger partial charge in [0.2, 0.25) is 5.91 Å². The van der Waals surface area contributed by atoms with Gasteiger partial charge in [-0.1, -0.05) is 30.3 Å². The number of morpholine rings is 1. The molecule has 0 atom stereocenters. The van der Waals surface area contributed by atoms with Gasteiger partial charge >= 0.3 is 0 Å². The first-order valence-electron chi connectivity index (χ1n) is 10.3. The third-order valence-electron chi connectivity index (χ3n) is 4.95. The molecule has 2 heterocycles. The quantitative estimate of drug-likeness (QED) is 0.587. The predicted octanol–water partition coefficient (Wildman–Crippen LogP) is 4.24. The summed E-state index contributed by atoms with van der Waals surface area (Å²) in [4.78, 5) is 22.8. The molecule has 3 aromatic rings. The van der Waals surface area contributed by atoms with E-state index in [9.17, 15) is 4.79 Å². The number of benzene rings is 2. The Hall–Kier alpha value is -3.71. The molecule has 31 heavy (non-hydrogen) atoms. The zero-order chi connectivity index (χ0) is 21.5. The van der Waals surface area contributed by atoms with Crippen molar-refractivity contribution in [3.63, 3.8) is 0 Å². The van der Waals surface area contributed by atoms with Gasteiger partial charge in [-0.2, -0.15) is 0 Å². The maximum absolute atomic E-state index is 11.7. The first-order chi connectivity index (χ1) is 15.2. The zero-order valence-electron chi connectivity index (χ0n) is 17.4. The average molecular weight is 415 g/mol. The van der Waals surface area contributed by atoms with Crippen molar-refractivity contribution in [3.8, 4) is 11.3 Å². The van der Waals surface area contributed by atoms with E-state index in [0.29, 0.717) is 0 Å². The van der Waals surface area contributed by atoms with E-state index in [0.717, 1.165) is 60.4 Å². The van der Waals surface area contributed by atoms with Crippen LogP contribution in [0.3, 0.4) is 0 Å². The van der Waals surface area contributed by atoms with Crippen LogP contribution in [0.25, 0.3) is 11.3 Å². The number of hydrogen-bond acceptors (Lipinski definition) is 6. The van der Waals surface area contributed by atoms with Crippen LogP contribution in [-0.4, -0.2) is 42.2 Å². The molecule has 2 aromatic carbocycles. The molecule has 0 unspecified atom stereocenters. The van der Waals surface area contributed by atoms with Gasteiger partial charge < -0.3 is 20.3 Å². The minimum absolute atomic E-state index is 0.150. The normalized spacial score (nSPS) is 13.9. The van der Waals surface area contributed by atoms with E-state index in [2.05, 4.69) is 37.6 Å². The molecule has 0 bridgehead atoms. The van der Waals surface area contributed by atoms with Gasteiger partial charge in [0.1, 0.15) is 12.1 Å². The van der Waals surface area contributed by atoms with E-state index in [1.54, 1.807) is 12.4 Å². The van der Waals surface area contributed by atoms with E-state index in [-0.39, 0.29) is 5.91 Å². The van der Waals surface area contributed by atoms with Crippen molar-refractivity contribution in [2.75, 3.05) is 41.8 Å². The molecule has 0 saturated carbocycles. The number of rotatable bonds is 6. The van der Waals surface area contributed by atoms with Crippen molar-refractivity contribution < 1.29 is 9.53 Å². The molecule has 158 valence electrons. The first kappa shape index (κ1) is 20.6. The van der Waals surface area contributed by atoms with Crippen molar-refractivity contribution in [2.24, 2.45) is 0 Å². The van der Waals surface area contributed by atoms with Crippen LogP contribution >= 0.6 is 0 Å². The molecule has 7 heteroatoms. The third-order valence-corrected chi connectivity index (χ3v) is 4.95. The number of para-hydroxylation sites is 2. The summed E-state index contributed by atoms with van der Waals surface area (Å²) in [6.45, 7) is 5.01. The SMILES string of the molecule is CC=CC(=O)Nc1ccc(-c2cc(Nc3ccccc3N3CCOCC3)ncn2)cc1. The monoisotopic (exact) mass is 415 g/mol. The largest absolute Gasteiger partial charge is 0.378 e. The van der Waals surface area contributed by atoms with Gasteiger partial charge in [0.05, 0.1) is 30.3 Å². The third kappa shape index (κ3) is 5.26. The van der Waals surface area contributed by atoms with Crippen LogP contribution in [0.4, 0.5) is 22.9 Å². The highest BCUT2D eigenvalue weighted by molar-refractivity contribution is 5.99. The van der Waals surface area contributed by atoms with Gasteiger partial charge in [-0.3, -0.25) is 4.79 Å². The number of amides is 1. The molecule has 1 amide bonds. The highest BCUT2D eigenvalue weighted by Gasteiger charge is 2.15. The molecule has 1 aromatic heterocycles. The minimum atomic E-state index is -0.150. The van der Waals surface area contributed by atoms with E-state index in [1.807, 2.05) is 49.4 Å². The van der Waals surface area contributed by atoms with E-state index < -0.39 is 0 Å². The fourth-order valence-electron chi connectivity index (χ4n) is 3.44. The second-order valence-electron chi connectivity index (χ2n) is 7.10. The molecule has 1 aliphatic rings. The number of anilines is 4. The summed E-state index contributed by atoms with van der Waals surface area (Å²) >= 11 is 0. The number of ether oxygens (including phenoxy) is 1. The number of allylic oxidation sites excluding steroid dienone is 1. The number of nitrogens with zero attached hydrogens (tertiary/aromatic N) is 3. The molecule has 0 radical (unpaired) electrons. The maximum atomic E-state index is 11.7. The summed E-state index contributed by atoms with van der Waals surface area (Å²) in [5.41, 5.74) is 4.60. The Morgan fingerprint density at radius 2 is 1.84 bits per heavy atom. The number of carbonyl (C=O) groups excluding carboxylic acids is 1. The Morgan fingerprint density at radius 3 is 2.61 bits per heavy atom. The van der Waals surface area contributed by atoms with E-state index in [4.69, 9.17) is 4.74 Å². The van der Waals surface area contributed by atoms with Crippen molar-refractivity contribution in [1.29, 1.82) is 0 Å². The Kier molecular flexibility index (Phi) is 6.54. The van der Waals surface area contributed by atoms with Crippen LogP contribution in [0.5, 0.6) is 0 Å². The lowest BCUT2D eigenvalue weighted by atomic mass is 10.1.